The maximum absolute atomic E-state index is 13.4. The third kappa shape index (κ3) is 6.20. The summed E-state index contributed by atoms with van der Waals surface area (Å²) in [5, 5.41) is 16.6. The molecule has 0 spiro atoms. The summed E-state index contributed by atoms with van der Waals surface area (Å²) >= 11 is 0. The Morgan fingerprint density at radius 1 is 0.923 bits per heavy atom. The van der Waals surface area contributed by atoms with Crippen molar-refractivity contribution in [2.24, 2.45) is 0 Å². The molecule has 5 rings (SSSR count). The van der Waals surface area contributed by atoms with E-state index in [-0.39, 0.29) is 5.91 Å². The molecule has 7 heteroatoms. The first-order valence-corrected chi connectivity index (χ1v) is 12.6. The van der Waals surface area contributed by atoms with Crippen LogP contribution in [0.15, 0.2) is 103 Å². The number of carbonyl (C=O) groups excluding carboxylic acids is 1. The summed E-state index contributed by atoms with van der Waals surface area (Å²) in [7, 11) is 1.58. The van der Waals surface area contributed by atoms with Gasteiger partial charge in [-0.3, -0.25) is 4.79 Å². The number of amides is 1. The molecule has 0 aliphatic heterocycles. The van der Waals surface area contributed by atoms with Gasteiger partial charge in [0.2, 0.25) is 5.91 Å². The number of aromatic amines is 1. The van der Waals surface area contributed by atoms with Gasteiger partial charge < -0.3 is 25.1 Å². The Balaban J connectivity index is 1.36. The average Bonchev–Trinajstić information content (AvgIpc) is 3.46. The maximum Gasteiger partial charge on any atom is 0.247 e. The molecule has 0 bridgehead atoms. The Morgan fingerprint density at radius 3 is 2.51 bits per heavy atom. The second kappa shape index (κ2) is 11.9. The number of H-pyrrole nitrogens is 1. The summed E-state index contributed by atoms with van der Waals surface area (Å²) in [6.07, 6.45) is 1.91. The van der Waals surface area contributed by atoms with E-state index in [1.165, 1.54) is 0 Å². The standard InChI is InChI=1S/C32H28N4O3/c1-38-30-18-26(10-14-29(30)39-21-24-9-13-28-25(17-24)15-16-34-28)31(36-27-11-7-22(19-33)8-12-27)32(37)35-20-23-5-3-2-4-6-23/h2-18,31,34,36H,20-21H2,1H3,(H,35,37)/t31-/m0/s1. The summed E-state index contributed by atoms with van der Waals surface area (Å²) < 4.78 is 11.7. The number of nitriles is 1. The van der Waals surface area contributed by atoms with Crippen molar-refractivity contribution in [3.8, 4) is 17.6 Å². The third-order valence-corrected chi connectivity index (χ3v) is 6.43. The van der Waals surface area contributed by atoms with E-state index in [9.17, 15) is 4.79 Å². The number of fused-ring (bicyclic) bond motifs is 1. The minimum atomic E-state index is -0.708. The highest BCUT2D eigenvalue weighted by atomic mass is 16.5. The normalized spacial score (nSPS) is 11.4. The van der Waals surface area contributed by atoms with E-state index in [1.54, 1.807) is 31.4 Å². The average molecular weight is 517 g/mol. The molecular weight excluding hydrogens is 488 g/mol. The molecule has 0 saturated heterocycles. The highest BCUT2D eigenvalue weighted by molar-refractivity contribution is 5.86. The maximum atomic E-state index is 13.4. The Kier molecular flexibility index (Phi) is 7.75. The molecule has 1 amide bonds. The Labute approximate surface area is 227 Å². The number of anilines is 1. The van der Waals surface area contributed by atoms with Gasteiger partial charge >= 0.3 is 0 Å². The first kappa shape index (κ1) is 25.4. The lowest BCUT2D eigenvalue weighted by Crippen LogP contribution is -2.33. The summed E-state index contributed by atoms with van der Waals surface area (Å²) in [5.74, 6) is 0.911. The molecule has 1 atom stereocenters. The van der Waals surface area contributed by atoms with Crippen molar-refractivity contribution in [1.82, 2.24) is 10.3 Å². The molecule has 1 aromatic heterocycles. The molecule has 3 N–H and O–H groups in total. The topological polar surface area (TPSA) is 99.2 Å². The third-order valence-electron chi connectivity index (χ3n) is 6.43. The molecule has 0 unspecified atom stereocenters. The van der Waals surface area contributed by atoms with Crippen molar-refractivity contribution in [3.05, 3.63) is 126 Å². The molecule has 7 nitrogen and oxygen atoms in total. The van der Waals surface area contributed by atoms with Gasteiger partial charge in [-0.1, -0.05) is 42.5 Å². The van der Waals surface area contributed by atoms with Crippen molar-refractivity contribution in [2.75, 3.05) is 12.4 Å². The number of nitrogens with one attached hydrogen (secondary N) is 3. The van der Waals surface area contributed by atoms with Crippen LogP contribution >= 0.6 is 0 Å². The SMILES string of the molecule is COc1cc([C@H](Nc2ccc(C#N)cc2)C(=O)NCc2ccccc2)ccc1OCc1ccc2[nH]ccc2c1. The zero-order valence-corrected chi connectivity index (χ0v) is 21.5. The van der Waals surface area contributed by atoms with Crippen molar-refractivity contribution in [2.45, 2.75) is 19.2 Å². The lowest BCUT2D eigenvalue weighted by Gasteiger charge is -2.21. The summed E-state index contributed by atoms with van der Waals surface area (Å²) in [6, 6.07) is 31.8. The van der Waals surface area contributed by atoms with Crippen LogP contribution < -0.4 is 20.1 Å². The molecular formula is C32H28N4O3. The smallest absolute Gasteiger partial charge is 0.247 e. The molecule has 0 aliphatic carbocycles. The number of ether oxygens (including phenoxy) is 2. The van der Waals surface area contributed by atoms with Crippen LogP contribution in [0.4, 0.5) is 5.69 Å². The van der Waals surface area contributed by atoms with E-state index in [1.807, 2.05) is 72.9 Å². The van der Waals surface area contributed by atoms with Gasteiger partial charge in [0.25, 0.3) is 0 Å². The lowest BCUT2D eigenvalue weighted by atomic mass is 10.0. The molecule has 0 fully saturated rings. The van der Waals surface area contributed by atoms with E-state index < -0.39 is 6.04 Å². The van der Waals surface area contributed by atoms with Gasteiger partial charge in [-0.2, -0.15) is 5.26 Å². The predicted octanol–water partition coefficient (Wildman–Crippen LogP) is 6.10. The number of benzene rings is 4. The molecule has 39 heavy (non-hydrogen) atoms. The number of hydrogen-bond acceptors (Lipinski definition) is 5. The fourth-order valence-corrected chi connectivity index (χ4v) is 4.33. The fraction of sp³-hybridized carbons (Fsp3) is 0.125. The van der Waals surface area contributed by atoms with Crippen LogP contribution in [-0.2, 0) is 17.9 Å². The number of methoxy groups -OCH3 is 1. The molecule has 4 aromatic carbocycles. The van der Waals surface area contributed by atoms with Crippen LogP contribution in [0.5, 0.6) is 11.5 Å². The first-order chi connectivity index (χ1) is 19.1. The van der Waals surface area contributed by atoms with Gasteiger partial charge in [-0.05, 0) is 76.7 Å². The van der Waals surface area contributed by atoms with E-state index in [0.717, 1.165) is 22.0 Å². The van der Waals surface area contributed by atoms with Crippen molar-refractivity contribution in [3.63, 3.8) is 0 Å². The number of nitrogens with zero attached hydrogens (tertiary/aromatic N) is 1. The fourth-order valence-electron chi connectivity index (χ4n) is 4.33. The monoisotopic (exact) mass is 516 g/mol. The summed E-state index contributed by atoms with van der Waals surface area (Å²) in [5.41, 5.74) is 5.09. The van der Waals surface area contributed by atoms with Gasteiger partial charge in [0.15, 0.2) is 11.5 Å². The lowest BCUT2D eigenvalue weighted by molar-refractivity contribution is -0.122. The van der Waals surface area contributed by atoms with Gasteiger partial charge in [0.1, 0.15) is 12.6 Å². The van der Waals surface area contributed by atoms with Crippen molar-refractivity contribution < 1.29 is 14.3 Å². The Morgan fingerprint density at radius 2 is 1.74 bits per heavy atom. The highest BCUT2D eigenvalue weighted by Crippen LogP contribution is 2.32. The minimum absolute atomic E-state index is 0.196. The number of carbonyl (C=O) groups is 1. The van der Waals surface area contributed by atoms with Crippen molar-refractivity contribution in [1.29, 1.82) is 5.26 Å². The van der Waals surface area contributed by atoms with E-state index in [4.69, 9.17) is 14.7 Å². The van der Waals surface area contributed by atoms with Crippen LogP contribution in [0.3, 0.4) is 0 Å². The minimum Gasteiger partial charge on any atom is -0.493 e. The molecule has 194 valence electrons. The summed E-state index contributed by atoms with van der Waals surface area (Å²) in [4.78, 5) is 16.6. The van der Waals surface area contributed by atoms with E-state index in [0.29, 0.717) is 41.5 Å². The second-order valence-electron chi connectivity index (χ2n) is 9.07. The Bertz CT molecular complexity index is 1600. The molecule has 0 aliphatic rings. The second-order valence-corrected chi connectivity index (χ2v) is 9.07. The van der Waals surface area contributed by atoms with Gasteiger partial charge in [-0.25, -0.2) is 0 Å². The summed E-state index contributed by atoms with van der Waals surface area (Å²) in [6.45, 7) is 0.774. The van der Waals surface area contributed by atoms with Crippen LogP contribution in [0, 0.1) is 11.3 Å². The zero-order chi connectivity index (χ0) is 27.0. The molecule has 5 aromatic rings. The van der Waals surface area contributed by atoms with Crippen LogP contribution in [0.25, 0.3) is 10.9 Å². The zero-order valence-electron chi connectivity index (χ0n) is 21.5. The Hall–Kier alpha value is -5.22. The molecule has 1 heterocycles. The largest absolute Gasteiger partial charge is 0.493 e. The van der Waals surface area contributed by atoms with Gasteiger partial charge in [0.05, 0.1) is 18.7 Å². The first-order valence-electron chi connectivity index (χ1n) is 12.6. The highest BCUT2D eigenvalue weighted by Gasteiger charge is 2.22. The van der Waals surface area contributed by atoms with Gasteiger partial charge in [0, 0.05) is 23.9 Å². The molecule has 0 saturated carbocycles. The quantitative estimate of drug-likeness (QED) is 0.208. The number of aromatic nitrogens is 1. The number of hydrogen-bond donors (Lipinski definition) is 3. The van der Waals surface area contributed by atoms with Gasteiger partial charge in [-0.15, -0.1) is 0 Å². The van der Waals surface area contributed by atoms with Crippen molar-refractivity contribution >= 4 is 22.5 Å². The number of rotatable bonds is 10. The predicted molar refractivity (Wildman–Crippen MR) is 151 cm³/mol. The van der Waals surface area contributed by atoms with Crippen LogP contribution in [0.2, 0.25) is 0 Å². The van der Waals surface area contributed by atoms with Crippen LogP contribution in [0.1, 0.15) is 28.3 Å². The van der Waals surface area contributed by atoms with E-state index >= 15 is 0 Å². The van der Waals surface area contributed by atoms with Crippen LogP contribution in [-0.4, -0.2) is 18.0 Å². The van der Waals surface area contributed by atoms with E-state index in [2.05, 4.69) is 27.8 Å². The molecule has 0 radical (unpaired) electrons.